The lowest BCUT2D eigenvalue weighted by molar-refractivity contribution is -0.777. The van der Waals surface area contributed by atoms with Crippen LogP contribution in [0, 0.1) is 0 Å². The van der Waals surface area contributed by atoms with Gasteiger partial charge in [-0.1, -0.05) is 0 Å². The standard InChI is InChI=1S/C8H10F2O9S.C8H10F2O8S2.C6H8F2O7S.C6H8F2O6S2/c9-8(10,20-19-18-13)7(12)16-3-5(11)17-6-4-14-1-2-15-6;9-8(10,20-18-17-13)7(12)15-3-5(11)16-6-4-19-2-1-14-6;7-6(8,16-15-14-10)5(9)13-4-3-11-1-2-12-4;7-6(8,16-14-13-10)5(9)12-4-3-15-2-1-11-4/h2*6,13H,1-4H2;2*4,10H,1-3H2/p-4. The molecule has 0 radical (unpaired) electrons. The molecule has 4 saturated heterocycles. The fourth-order valence-electron chi connectivity index (χ4n) is 3.65. The summed E-state index contributed by atoms with van der Waals surface area (Å²) in [7, 11) is 0. The second-order valence-corrected chi connectivity index (χ2v) is 17.0. The quantitative estimate of drug-likeness (QED) is 0.0252. The van der Waals surface area contributed by atoms with Gasteiger partial charge in [-0.2, -0.15) is 76.0 Å². The first-order valence-electron chi connectivity index (χ1n) is 18.0. The normalized spacial score (nSPS) is 20.5. The van der Waals surface area contributed by atoms with Gasteiger partial charge in [-0.15, -0.1) is 0 Å². The van der Waals surface area contributed by atoms with Crippen LogP contribution in [0.5, 0.6) is 0 Å². The molecule has 0 bridgehead atoms. The molecular formula is C28H32F8O30S6-4. The van der Waals surface area contributed by atoms with Crippen molar-refractivity contribution in [1.29, 1.82) is 0 Å². The summed E-state index contributed by atoms with van der Waals surface area (Å²) in [6.07, 6.45) is -3.99. The van der Waals surface area contributed by atoms with Crippen molar-refractivity contribution in [1.82, 2.24) is 0 Å². The SMILES string of the molecule is O=C(COC(=O)C(F)(F)SOO[O-])OC1COCCO1.O=C(COC(=O)C(F)(F)SOO[O-])OC1CSCCO1.O=C(OC1COCCO1)C(F)(F)SOO[O-].O=C(OC1CSCCO1)C(F)(F)SOO[O-]. The number of rotatable bonds is 24. The van der Waals surface area contributed by atoms with Crippen molar-refractivity contribution >= 4 is 108 Å². The molecule has 4 aliphatic rings. The highest BCUT2D eigenvalue weighted by Crippen LogP contribution is 2.34. The van der Waals surface area contributed by atoms with Crippen LogP contribution in [0.2, 0.25) is 0 Å². The lowest BCUT2D eigenvalue weighted by atomic mass is 10.6. The summed E-state index contributed by atoms with van der Waals surface area (Å²) < 4.78 is 172. The highest BCUT2D eigenvalue weighted by Gasteiger charge is 2.47. The van der Waals surface area contributed by atoms with E-state index in [0.29, 0.717) is 37.9 Å². The van der Waals surface area contributed by atoms with Crippen LogP contribution in [0.15, 0.2) is 0 Å². The first-order chi connectivity index (χ1) is 34.0. The van der Waals surface area contributed by atoms with E-state index < -0.39 is 143 Å². The van der Waals surface area contributed by atoms with Crippen LogP contribution in [-0.2, 0) is 123 Å². The van der Waals surface area contributed by atoms with E-state index in [1.54, 1.807) is 0 Å². The molecule has 0 aliphatic carbocycles. The molecule has 72 heavy (non-hydrogen) atoms. The minimum atomic E-state index is -4.21. The number of hydrogen-bond donors (Lipinski definition) is 0. The molecule has 420 valence electrons. The number of carbonyl (C=O) groups is 6. The Bertz CT molecular complexity index is 1470. The highest BCUT2D eigenvalue weighted by atomic mass is 32.2. The minimum Gasteiger partial charge on any atom is -0.691 e. The van der Waals surface area contributed by atoms with Crippen LogP contribution in [-0.4, -0.2) is 171 Å². The number of carbonyl (C=O) groups excluding carboxylic acids is 6. The van der Waals surface area contributed by atoms with Gasteiger partial charge in [-0.05, 0) is 0 Å². The first kappa shape index (κ1) is 67.7. The molecule has 4 heterocycles. The largest absolute Gasteiger partial charge is 0.691 e. The van der Waals surface area contributed by atoms with Gasteiger partial charge in [-0.3, -0.25) is 20.2 Å². The Hall–Kier alpha value is -2.36. The van der Waals surface area contributed by atoms with Gasteiger partial charge in [0.25, 0.3) is 0 Å². The molecule has 0 aromatic carbocycles. The van der Waals surface area contributed by atoms with Crippen LogP contribution in [0.3, 0.4) is 0 Å². The molecule has 4 unspecified atom stereocenters. The van der Waals surface area contributed by atoms with Crippen LogP contribution >= 0.6 is 71.7 Å². The average Bonchev–Trinajstić information content (AvgIpc) is 3.36. The summed E-state index contributed by atoms with van der Waals surface area (Å²) in [6.45, 7) is -0.530. The number of halogens is 8. The monoisotopic (exact) mass is 1190 g/mol. The van der Waals surface area contributed by atoms with Crippen molar-refractivity contribution in [2.75, 3.05) is 89.1 Å². The molecule has 0 N–H and O–H groups in total. The zero-order valence-electron chi connectivity index (χ0n) is 34.9. The fraction of sp³-hybridized carbons (Fsp3) is 0.786. The molecule has 0 aromatic rings. The lowest BCUT2D eigenvalue weighted by Crippen LogP contribution is -2.38. The van der Waals surface area contributed by atoms with Crippen molar-refractivity contribution in [2.24, 2.45) is 0 Å². The van der Waals surface area contributed by atoms with E-state index in [1.807, 2.05) is 0 Å². The summed E-state index contributed by atoms with van der Waals surface area (Å²) in [5.41, 5.74) is 0. The highest BCUT2D eigenvalue weighted by molar-refractivity contribution is 7.99. The Morgan fingerprint density at radius 1 is 0.444 bits per heavy atom. The Kier molecular flexibility index (Phi) is 35.1. The average molecular weight is 1190 g/mol. The summed E-state index contributed by atoms with van der Waals surface area (Å²) in [5.74, 6) is -7.91. The zero-order valence-corrected chi connectivity index (χ0v) is 39.8. The third kappa shape index (κ3) is 30.3. The van der Waals surface area contributed by atoms with Crippen molar-refractivity contribution in [3.8, 4) is 0 Å². The molecule has 0 aromatic heterocycles. The summed E-state index contributed by atoms with van der Waals surface area (Å²) in [4.78, 5) is 65.9. The molecule has 4 rings (SSSR count). The molecule has 0 amide bonds. The Morgan fingerprint density at radius 3 is 1.07 bits per heavy atom. The maximum Gasteiger partial charge on any atom is 0.415 e. The van der Waals surface area contributed by atoms with E-state index in [1.165, 1.54) is 23.5 Å². The molecule has 4 atom stereocenters. The topological polar surface area (TPSA) is 379 Å². The number of thioether (sulfide) groups is 2. The summed E-state index contributed by atoms with van der Waals surface area (Å²) in [6, 6.07) is 0. The van der Waals surface area contributed by atoms with Crippen molar-refractivity contribution in [3.05, 3.63) is 0 Å². The third-order valence-electron chi connectivity index (χ3n) is 6.40. The Labute approximate surface area is 420 Å². The van der Waals surface area contributed by atoms with Gasteiger partial charge in [0.1, 0.15) is 61.4 Å². The number of ether oxygens (including phenoxy) is 12. The number of hydrogen-bond acceptors (Lipinski definition) is 36. The fourth-order valence-corrected chi connectivity index (χ4v) is 6.07. The molecule has 4 fully saturated rings. The molecule has 44 heteroatoms. The molecule has 0 saturated carbocycles. The van der Waals surface area contributed by atoms with Crippen molar-refractivity contribution in [3.63, 3.8) is 0 Å². The predicted octanol–water partition coefficient (Wildman–Crippen LogP) is -2.01. The summed E-state index contributed by atoms with van der Waals surface area (Å²) in [5, 5.41) is 31.6. The van der Waals surface area contributed by atoms with Gasteiger partial charge < -0.3 is 77.9 Å². The van der Waals surface area contributed by atoms with Crippen molar-refractivity contribution < 1.29 is 179 Å². The van der Waals surface area contributed by atoms with Gasteiger partial charge in [-0.25, -0.2) is 28.8 Å². The number of esters is 6. The van der Waals surface area contributed by atoms with E-state index in [0.717, 1.165) is 5.75 Å². The maximum atomic E-state index is 12.9. The first-order valence-corrected chi connectivity index (χ1v) is 23.3. The minimum absolute atomic E-state index is 0.0135. The van der Waals surface area contributed by atoms with Crippen LogP contribution in [0.1, 0.15) is 0 Å². The smallest absolute Gasteiger partial charge is 0.415 e. The Balaban J connectivity index is 0.000000483. The van der Waals surface area contributed by atoms with E-state index in [4.69, 9.17) is 33.2 Å². The summed E-state index contributed by atoms with van der Waals surface area (Å²) >= 11 is -0.304. The van der Waals surface area contributed by atoms with E-state index in [-0.39, 0.29) is 32.2 Å². The van der Waals surface area contributed by atoms with Crippen LogP contribution < -0.4 is 21.0 Å². The molecular weight excluding hydrogens is 1160 g/mol. The van der Waals surface area contributed by atoms with Gasteiger partial charge in [0, 0.05) is 11.5 Å². The van der Waals surface area contributed by atoms with Gasteiger partial charge in [0.15, 0.2) is 13.2 Å². The van der Waals surface area contributed by atoms with E-state index in [9.17, 15) is 84.9 Å². The van der Waals surface area contributed by atoms with Crippen LogP contribution in [0.25, 0.3) is 0 Å². The predicted molar refractivity (Wildman–Crippen MR) is 200 cm³/mol. The zero-order chi connectivity index (χ0) is 54.1. The second-order valence-electron chi connectivity index (χ2n) is 11.4. The number of alkyl halides is 8. The van der Waals surface area contributed by atoms with E-state index in [2.05, 4.69) is 61.2 Å². The van der Waals surface area contributed by atoms with Gasteiger partial charge >= 0.3 is 56.8 Å². The van der Waals surface area contributed by atoms with E-state index >= 15 is 0 Å². The third-order valence-corrected chi connectivity index (χ3v) is 10.3. The lowest BCUT2D eigenvalue weighted by Gasteiger charge is -2.24. The van der Waals surface area contributed by atoms with Crippen molar-refractivity contribution in [2.45, 2.75) is 46.2 Å². The second kappa shape index (κ2) is 37.4. The van der Waals surface area contributed by atoms with Crippen LogP contribution in [0.4, 0.5) is 35.1 Å². The maximum absolute atomic E-state index is 12.9. The van der Waals surface area contributed by atoms with Gasteiger partial charge in [0.05, 0.1) is 51.1 Å². The van der Waals surface area contributed by atoms with Gasteiger partial charge in [0.2, 0.25) is 25.2 Å². The molecule has 0 spiro atoms. The Morgan fingerprint density at radius 2 is 0.750 bits per heavy atom. The molecule has 4 aliphatic heterocycles. The molecule has 30 nitrogen and oxygen atoms in total.